The minimum absolute atomic E-state index is 0.0717. The maximum absolute atomic E-state index is 12.8. The highest BCUT2D eigenvalue weighted by Crippen LogP contribution is 2.24. The number of carbonyl (C=O) groups is 1. The highest BCUT2D eigenvalue weighted by atomic mass is 32.2. The second kappa shape index (κ2) is 7.46. The van der Waals surface area contributed by atoms with Gasteiger partial charge < -0.3 is 4.90 Å². The first kappa shape index (κ1) is 19.9. The molecule has 0 aliphatic carbocycles. The van der Waals surface area contributed by atoms with Gasteiger partial charge in [-0.2, -0.15) is 4.31 Å². The fourth-order valence-electron chi connectivity index (χ4n) is 2.96. The monoisotopic (exact) mass is 366 g/mol. The molecule has 1 aliphatic rings. The lowest BCUT2D eigenvalue weighted by Gasteiger charge is -2.37. The molecule has 1 heterocycles. The summed E-state index contributed by atoms with van der Waals surface area (Å²) in [5, 5.41) is 0. The predicted molar refractivity (Wildman–Crippen MR) is 99.9 cm³/mol. The lowest BCUT2D eigenvalue weighted by atomic mass is 9.94. The maximum atomic E-state index is 12.8. The first-order valence-electron chi connectivity index (χ1n) is 8.97. The summed E-state index contributed by atoms with van der Waals surface area (Å²) in [6.45, 7) is 11.5. The number of piperazine rings is 1. The van der Waals surface area contributed by atoms with Crippen molar-refractivity contribution in [3.8, 4) is 0 Å². The van der Waals surface area contributed by atoms with Crippen molar-refractivity contribution in [1.29, 1.82) is 0 Å². The molecule has 1 unspecified atom stereocenters. The van der Waals surface area contributed by atoms with Gasteiger partial charge in [-0.25, -0.2) is 8.42 Å². The van der Waals surface area contributed by atoms with E-state index in [1.54, 1.807) is 17.0 Å². The fraction of sp³-hybridized carbons (Fsp3) is 0.632. The van der Waals surface area contributed by atoms with Gasteiger partial charge in [-0.05, 0) is 30.0 Å². The van der Waals surface area contributed by atoms with E-state index in [4.69, 9.17) is 0 Å². The summed E-state index contributed by atoms with van der Waals surface area (Å²) in [5.41, 5.74) is 0.717. The third kappa shape index (κ3) is 4.42. The Kier molecular flexibility index (Phi) is 5.94. The number of carbonyl (C=O) groups excluding carboxylic acids is 1. The molecule has 1 aromatic carbocycles. The van der Waals surface area contributed by atoms with Crippen LogP contribution in [0.25, 0.3) is 0 Å². The molecule has 1 fully saturated rings. The van der Waals surface area contributed by atoms with Crippen molar-refractivity contribution in [3.05, 3.63) is 29.8 Å². The normalized spacial score (nSPS) is 18.2. The van der Waals surface area contributed by atoms with Crippen LogP contribution in [-0.4, -0.2) is 49.7 Å². The fourth-order valence-corrected chi connectivity index (χ4v) is 4.38. The summed E-state index contributed by atoms with van der Waals surface area (Å²) >= 11 is 0. The Labute approximate surface area is 152 Å². The Morgan fingerprint density at radius 1 is 1.08 bits per heavy atom. The van der Waals surface area contributed by atoms with Crippen molar-refractivity contribution >= 4 is 15.9 Å². The van der Waals surface area contributed by atoms with Crippen LogP contribution in [0.3, 0.4) is 0 Å². The Balaban J connectivity index is 2.08. The molecule has 140 valence electrons. The molecule has 6 heteroatoms. The SMILES string of the molecule is CCC(C)c1ccc(S(=O)(=O)N2CCN(C(=O)C(C)(C)C)CC2)cc1. The van der Waals surface area contributed by atoms with Crippen LogP contribution >= 0.6 is 0 Å². The Bertz CT molecular complexity index is 697. The van der Waals surface area contributed by atoms with Gasteiger partial charge in [0, 0.05) is 31.6 Å². The molecule has 1 aromatic rings. The van der Waals surface area contributed by atoms with Crippen LogP contribution in [0.5, 0.6) is 0 Å². The zero-order valence-electron chi connectivity index (χ0n) is 15.9. The summed E-state index contributed by atoms with van der Waals surface area (Å²) in [4.78, 5) is 14.4. The van der Waals surface area contributed by atoms with Crippen molar-refractivity contribution in [2.45, 2.75) is 51.9 Å². The molecule has 1 saturated heterocycles. The van der Waals surface area contributed by atoms with Crippen LogP contribution in [0, 0.1) is 5.41 Å². The third-order valence-electron chi connectivity index (χ3n) is 4.87. The summed E-state index contributed by atoms with van der Waals surface area (Å²) in [6.07, 6.45) is 1.02. The maximum Gasteiger partial charge on any atom is 0.243 e. The molecule has 5 nitrogen and oxygen atoms in total. The molecule has 1 aliphatic heterocycles. The van der Waals surface area contributed by atoms with E-state index >= 15 is 0 Å². The summed E-state index contributed by atoms with van der Waals surface area (Å²) in [7, 11) is -3.50. The van der Waals surface area contributed by atoms with Crippen molar-refractivity contribution < 1.29 is 13.2 Å². The molecule has 2 rings (SSSR count). The quantitative estimate of drug-likeness (QED) is 0.823. The van der Waals surface area contributed by atoms with Gasteiger partial charge in [-0.15, -0.1) is 0 Å². The number of hydrogen-bond acceptors (Lipinski definition) is 3. The molecule has 0 aromatic heterocycles. The number of nitrogens with zero attached hydrogens (tertiary/aromatic N) is 2. The standard InChI is InChI=1S/C19H30N2O3S/c1-6-15(2)16-7-9-17(10-8-16)25(23,24)21-13-11-20(12-14-21)18(22)19(3,4)5/h7-10,15H,6,11-14H2,1-5H3. The molecular formula is C19H30N2O3S. The van der Waals surface area contributed by atoms with Gasteiger partial charge in [0.1, 0.15) is 0 Å². The molecule has 0 saturated carbocycles. The van der Waals surface area contributed by atoms with Crippen LogP contribution in [0.1, 0.15) is 52.5 Å². The van der Waals surface area contributed by atoms with Crippen molar-refractivity contribution in [2.24, 2.45) is 5.41 Å². The van der Waals surface area contributed by atoms with Crippen LogP contribution < -0.4 is 0 Å². The Morgan fingerprint density at radius 3 is 2.04 bits per heavy atom. The number of benzene rings is 1. The van der Waals surface area contributed by atoms with E-state index in [9.17, 15) is 13.2 Å². The average molecular weight is 367 g/mol. The number of sulfonamides is 1. The summed E-state index contributed by atoms with van der Waals surface area (Å²) < 4.78 is 27.2. The minimum atomic E-state index is -3.50. The number of rotatable bonds is 4. The van der Waals surface area contributed by atoms with Gasteiger partial charge >= 0.3 is 0 Å². The zero-order chi connectivity index (χ0) is 18.8. The van der Waals surface area contributed by atoms with E-state index in [2.05, 4.69) is 13.8 Å². The van der Waals surface area contributed by atoms with Crippen LogP contribution in [0.15, 0.2) is 29.2 Å². The van der Waals surface area contributed by atoms with E-state index in [0.717, 1.165) is 12.0 Å². The van der Waals surface area contributed by atoms with E-state index in [1.165, 1.54) is 4.31 Å². The molecule has 0 N–H and O–H groups in total. The largest absolute Gasteiger partial charge is 0.340 e. The van der Waals surface area contributed by atoms with E-state index in [-0.39, 0.29) is 5.91 Å². The highest BCUT2D eigenvalue weighted by molar-refractivity contribution is 7.89. The molecule has 25 heavy (non-hydrogen) atoms. The Hall–Kier alpha value is -1.40. The smallest absolute Gasteiger partial charge is 0.243 e. The van der Waals surface area contributed by atoms with Gasteiger partial charge in [0.15, 0.2) is 0 Å². The molecule has 0 spiro atoms. The summed E-state index contributed by atoms with van der Waals surface area (Å²) in [6, 6.07) is 7.20. The molecule has 1 amide bonds. The molecule has 0 bridgehead atoms. The van der Waals surface area contributed by atoms with E-state index < -0.39 is 15.4 Å². The lowest BCUT2D eigenvalue weighted by Crippen LogP contribution is -2.52. The van der Waals surface area contributed by atoms with Gasteiger partial charge in [0.2, 0.25) is 15.9 Å². The average Bonchev–Trinajstić information content (AvgIpc) is 2.59. The van der Waals surface area contributed by atoms with Gasteiger partial charge in [0.05, 0.1) is 4.90 Å². The van der Waals surface area contributed by atoms with E-state index in [1.807, 2.05) is 32.9 Å². The highest BCUT2D eigenvalue weighted by Gasteiger charge is 2.33. The Morgan fingerprint density at radius 2 is 1.60 bits per heavy atom. The second-order valence-corrected chi connectivity index (χ2v) is 9.76. The molecular weight excluding hydrogens is 336 g/mol. The van der Waals surface area contributed by atoms with Crippen molar-refractivity contribution in [1.82, 2.24) is 9.21 Å². The van der Waals surface area contributed by atoms with Crippen LogP contribution in [0.4, 0.5) is 0 Å². The first-order chi connectivity index (χ1) is 11.6. The van der Waals surface area contributed by atoms with Crippen LogP contribution in [-0.2, 0) is 14.8 Å². The lowest BCUT2D eigenvalue weighted by molar-refractivity contribution is -0.140. The van der Waals surface area contributed by atoms with Gasteiger partial charge in [-0.1, -0.05) is 46.8 Å². The predicted octanol–water partition coefficient (Wildman–Crippen LogP) is 3.08. The van der Waals surface area contributed by atoms with Gasteiger partial charge in [-0.3, -0.25) is 4.79 Å². The first-order valence-corrected chi connectivity index (χ1v) is 10.4. The molecule has 1 atom stereocenters. The minimum Gasteiger partial charge on any atom is -0.340 e. The molecule has 0 radical (unpaired) electrons. The van der Waals surface area contributed by atoms with Crippen LogP contribution in [0.2, 0.25) is 0 Å². The zero-order valence-corrected chi connectivity index (χ0v) is 16.8. The number of amides is 1. The topological polar surface area (TPSA) is 57.7 Å². The van der Waals surface area contributed by atoms with Crippen molar-refractivity contribution in [3.63, 3.8) is 0 Å². The van der Waals surface area contributed by atoms with Crippen molar-refractivity contribution in [2.75, 3.05) is 26.2 Å². The second-order valence-electron chi connectivity index (χ2n) is 7.82. The van der Waals surface area contributed by atoms with Gasteiger partial charge in [0.25, 0.3) is 0 Å². The summed E-state index contributed by atoms with van der Waals surface area (Å²) in [5.74, 6) is 0.492. The van der Waals surface area contributed by atoms with E-state index in [0.29, 0.717) is 37.0 Å². The third-order valence-corrected chi connectivity index (χ3v) is 6.78. The number of hydrogen-bond donors (Lipinski definition) is 0.